The maximum Gasteiger partial charge on any atom is 0.243 e. The van der Waals surface area contributed by atoms with E-state index in [4.69, 9.17) is 15.0 Å². The highest BCUT2D eigenvalue weighted by Crippen LogP contribution is 2.39. The minimum atomic E-state index is -0.348. The van der Waals surface area contributed by atoms with Crippen molar-refractivity contribution in [3.05, 3.63) is 11.7 Å². The third kappa shape index (κ3) is 3.38. The molecule has 114 valence electrons. The molecular weight excluding hydrogens is 254 g/mol. The summed E-state index contributed by atoms with van der Waals surface area (Å²) in [5, 5.41) is 4.17. The van der Waals surface area contributed by atoms with Gasteiger partial charge in [-0.3, -0.25) is 0 Å². The molecule has 2 N–H and O–H groups in total. The van der Waals surface area contributed by atoms with Crippen molar-refractivity contribution in [2.75, 3.05) is 6.61 Å². The molecule has 0 bridgehead atoms. The number of hydrogen-bond donors (Lipinski definition) is 1. The minimum Gasteiger partial charge on any atom is -0.367 e. The largest absolute Gasteiger partial charge is 0.367 e. The maximum absolute atomic E-state index is 6.10. The predicted molar refractivity (Wildman–Crippen MR) is 77.1 cm³/mol. The average molecular weight is 281 g/mol. The molecule has 0 amide bonds. The van der Waals surface area contributed by atoms with Crippen LogP contribution in [0.4, 0.5) is 0 Å². The summed E-state index contributed by atoms with van der Waals surface area (Å²) in [6, 6.07) is -0.154. The van der Waals surface area contributed by atoms with Gasteiger partial charge in [0, 0.05) is 6.61 Å². The van der Waals surface area contributed by atoms with Crippen LogP contribution in [0.5, 0.6) is 0 Å². The number of unbranched alkanes of at least 4 members (excludes halogenated alkanes) is 1. The molecular formula is C15H27N3O2. The van der Waals surface area contributed by atoms with Gasteiger partial charge in [-0.2, -0.15) is 4.98 Å². The summed E-state index contributed by atoms with van der Waals surface area (Å²) in [5.41, 5.74) is 5.76. The highest BCUT2D eigenvalue weighted by molar-refractivity contribution is 5.04. The lowest BCUT2D eigenvalue weighted by atomic mass is 9.84. The van der Waals surface area contributed by atoms with E-state index in [0.29, 0.717) is 18.3 Å². The monoisotopic (exact) mass is 281 g/mol. The first-order valence-electron chi connectivity index (χ1n) is 7.95. The first-order chi connectivity index (χ1) is 9.72. The molecule has 0 radical (unpaired) electrons. The van der Waals surface area contributed by atoms with Gasteiger partial charge in [0.05, 0.1) is 6.04 Å². The highest BCUT2D eigenvalue weighted by atomic mass is 16.5. The van der Waals surface area contributed by atoms with Crippen LogP contribution in [0.3, 0.4) is 0 Å². The molecule has 1 aliphatic rings. The molecule has 1 saturated carbocycles. The van der Waals surface area contributed by atoms with Crippen molar-refractivity contribution < 1.29 is 9.26 Å². The van der Waals surface area contributed by atoms with Crippen molar-refractivity contribution in [2.24, 2.45) is 5.73 Å². The number of rotatable bonds is 7. The first-order valence-corrected chi connectivity index (χ1v) is 7.95. The standard InChI is InChI=1S/C15H27N3O2/c1-3-5-9-12(16)13-17-14(18-20-13)15(19-4-2)10-7-6-8-11-15/h12H,3-11,16H2,1-2H3/t12-/m0/s1. The van der Waals surface area contributed by atoms with E-state index >= 15 is 0 Å². The van der Waals surface area contributed by atoms with Gasteiger partial charge in [0.1, 0.15) is 5.60 Å². The van der Waals surface area contributed by atoms with Crippen LogP contribution < -0.4 is 5.73 Å². The van der Waals surface area contributed by atoms with Crippen LogP contribution in [0.25, 0.3) is 0 Å². The molecule has 0 aliphatic heterocycles. The Kier molecular flexibility index (Phi) is 5.54. The fourth-order valence-electron chi connectivity index (χ4n) is 2.95. The second-order valence-electron chi connectivity index (χ2n) is 5.69. The molecule has 1 aromatic heterocycles. The molecule has 2 rings (SSSR count). The Hall–Kier alpha value is -0.940. The molecule has 1 fully saturated rings. The molecule has 5 heteroatoms. The SMILES string of the molecule is CCCC[C@H](N)c1nc(C2(OCC)CCCCC2)no1. The fraction of sp³-hybridized carbons (Fsp3) is 0.867. The number of aromatic nitrogens is 2. The van der Waals surface area contributed by atoms with Crippen LogP contribution in [0.15, 0.2) is 4.52 Å². The van der Waals surface area contributed by atoms with Gasteiger partial charge in [-0.25, -0.2) is 0 Å². The number of nitrogens with two attached hydrogens (primary N) is 1. The van der Waals surface area contributed by atoms with E-state index in [1.54, 1.807) is 0 Å². The van der Waals surface area contributed by atoms with Crippen molar-refractivity contribution in [2.45, 2.75) is 76.9 Å². The molecule has 5 nitrogen and oxygen atoms in total. The third-order valence-corrected chi connectivity index (χ3v) is 4.12. The Morgan fingerprint density at radius 1 is 1.30 bits per heavy atom. The van der Waals surface area contributed by atoms with Gasteiger partial charge in [-0.15, -0.1) is 0 Å². The molecule has 1 aromatic rings. The molecule has 1 atom stereocenters. The zero-order valence-electron chi connectivity index (χ0n) is 12.7. The lowest BCUT2D eigenvalue weighted by Gasteiger charge is -2.33. The predicted octanol–water partition coefficient (Wildman–Crippen LogP) is 3.46. The first kappa shape index (κ1) is 15.4. The van der Waals surface area contributed by atoms with Crippen LogP contribution in [0, 0.1) is 0 Å². The summed E-state index contributed by atoms with van der Waals surface area (Å²) >= 11 is 0. The van der Waals surface area contributed by atoms with Gasteiger partial charge >= 0.3 is 0 Å². The lowest BCUT2D eigenvalue weighted by molar-refractivity contribution is -0.0777. The fourth-order valence-corrected chi connectivity index (χ4v) is 2.95. The van der Waals surface area contributed by atoms with Gasteiger partial charge in [0.2, 0.25) is 11.7 Å². The molecule has 0 aromatic carbocycles. The Labute approximate surface area is 121 Å². The molecule has 0 spiro atoms. The summed E-state index contributed by atoms with van der Waals surface area (Å²) in [6.45, 7) is 4.84. The van der Waals surface area contributed by atoms with Gasteiger partial charge in [0.25, 0.3) is 0 Å². The summed E-state index contributed by atoms with van der Waals surface area (Å²) in [6.07, 6.45) is 8.62. The van der Waals surface area contributed by atoms with Crippen LogP contribution in [-0.4, -0.2) is 16.7 Å². The molecule has 0 unspecified atom stereocenters. The maximum atomic E-state index is 6.10. The van der Waals surface area contributed by atoms with Crippen LogP contribution in [0.1, 0.15) is 83.0 Å². The summed E-state index contributed by atoms with van der Waals surface area (Å²) in [5.74, 6) is 1.25. The normalized spacial score (nSPS) is 19.9. The summed E-state index contributed by atoms with van der Waals surface area (Å²) < 4.78 is 11.4. The molecule has 1 heterocycles. The summed E-state index contributed by atoms with van der Waals surface area (Å²) in [7, 11) is 0. The number of hydrogen-bond acceptors (Lipinski definition) is 5. The van der Waals surface area contributed by atoms with Gasteiger partial charge in [-0.05, 0) is 26.2 Å². The zero-order valence-corrected chi connectivity index (χ0v) is 12.7. The van der Waals surface area contributed by atoms with E-state index < -0.39 is 0 Å². The molecule has 0 saturated heterocycles. The van der Waals surface area contributed by atoms with Gasteiger partial charge < -0.3 is 15.0 Å². The average Bonchev–Trinajstić information content (AvgIpc) is 2.96. The summed E-state index contributed by atoms with van der Waals surface area (Å²) in [4.78, 5) is 4.55. The van der Waals surface area contributed by atoms with Crippen molar-refractivity contribution in [1.82, 2.24) is 10.1 Å². The van der Waals surface area contributed by atoms with E-state index in [-0.39, 0.29) is 11.6 Å². The minimum absolute atomic E-state index is 0.154. The lowest BCUT2D eigenvalue weighted by Crippen LogP contribution is -2.33. The Balaban J connectivity index is 2.12. The molecule has 20 heavy (non-hydrogen) atoms. The van der Waals surface area contributed by atoms with E-state index in [1.165, 1.54) is 6.42 Å². The Morgan fingerprint density at radius 3 is 2.70 bits per heavy atom. The van der Waals surface area contributed by atoms with Gasteiger partial charge in [0.15, 0.2) is 0 Å². The number of nitrogens with zero attached hydrogens (tertiary/aromatic N) is 2. The smallest absolute Gasteiger partial charge is 0.243 e. The van der Waals surface area contributed by atoms with Crippen molar-refractivity contribution >= 4 is 0 Å². The third-order valence-electron chi connectivity index (χ3n) is 4.12. The second-order valence-corrected chi connectivity index (χ2v) is 5.69. The van der Waals surface area contributed by atoms with Gasteiger partial charge in [-0.1, -0.05) is 44.2 Å². The van der Waals surface area contributed by atoms with Crippen molar-refractivity contribution in [3.63, 3.8) is 0 Å². The van der Waals surface area contributed by atoms with Crippen molar-refractivity contribution in [1.29, 1.82) is 0 Å². The van der Waals surface area contributed by atoms with Crippen molar-refractivity contribution in [3.8, 4) is 0 Å². The zero-order chi connectivity index (χ0) is 14.4. The Bertz CT molecular complexity index is 394. The van der Waals surface area contributed by atoms with E-state index in [1.807, 2.05) is 6.92 Å². The number of ether oxygens (including phenoxy) is 1. The van der Waals surface area contributed by atoms with Crippen LogP contribution >= 0.6 is 0 Å². The van der Waals surface area contributed by atoms with E-state index in [0.717, 1.165) is 44.9 Å². The topological polar surface area (TPSA) is 74.2 Å². The quantitative estimate of drug-likeness (QED) is 0.828. The van der Waals surface area contributed by atoms with E-state index in [2.05, 4.69) is 17.1 Å². The second kappa shape index (κ2) is 7.18. The van der Waals surface area contributed by atoms with Crippen LogP contribution in [0.2, 0.25) is 0 Å². The highest BCUT2D eigenvalue weighted by Gasteiger charge is 2.39. The van der Waals surface area contributed by atoms with E-state index in [9.17, 15) is 0 Å². The molecule has 1 aliphatic carbocycles. The van der Waals surface area contributed by atoms with Crippen LogP contribution in [-0.2, 0) is 10.3 Å². The Morgan fingerprint density at radius 2 is 2.05 bits per heavy atom.